The summed E-state index contributed by atoms with van der Waals surface area (Å²) in [7, 11) is 0. The predicted octanol–water partition coefficient (Wildman–Crippen LogP) is 1.76. The van der Waals surface area contributed by atoms with Crippen molar-refractivity contribution in [2.75, 3.05) is 13.1 Å². The third-order valence-electron chi connectivity index (χ3n) is 2.67. The minimum Gasteiger partial charge on any atom is -0.384 e. The van der Waals surface area contributed by atoms with Crippen LogP contribution in [0.15, 0.2) is 24.4 Å². The largest absolute Gasteiger partial charge is 0.384 e. The molecule has 1 aliphatic rings. The van der Waals surface area contributed by atoms with E-state index in [0.29, 0.717) is 12.1 Å². The fourth-order valence-electron chi connectivity index (χ4n) is 1.75. The Morgan fingerprint density at radius 1 is 1.62 bits per heavy atom. The van der Waals surface area contributed by atoms with E-state index in [1.165, 1.54) is 5.57 Å². The minimum atomic E-state index is 0.477. The Kier molecular flexibility index (Phi) is 3.55. The topological polar surface area (TPSA) is 15.3 Å². The molecular formula is C11H20N2. The first-order chi connectivity index (χ1) is 6.19. The van der Waals surface area contributed by atoms with Gasteiger partial charge in [0.25, 0.3) is 0 Å². The van der Waals surface area contributed by atoms with Crippen LogP contribution in [0.1, 0.15) is 20.8 Å². The van der Waals surface area contributed by atoms with Crippen LogP contribution in [-0.4, -0.2) is 30.1 Å². The Morgan fingerprint density at radius 2 is 2.31 bits per heavy atom. The molecule has 0 aromatic carbocycles. The molecule has 1 fully saturated rings. The van der Waals surface area contributed by atoms with Crippen LogP contribution in [0.25, 0.3) is 0 Å². The van der Waals surface area contributed by atoms with Crippen LogP contribution < -0.4 is 5.32 Å². The maximum Gasteiger partial charge on any atom is 0.0607 e. The zero-order valence-corrected chi connectivity index (χ0v) is 8.88. The highest BCUT2D eigenvalue weighted by Gasteiger charge is 2.26. The highest BCUT2D eigenvalue weighted by Crippen LogP contribution is 2.18. The average molecular weight is 180 g/mol. The van der Waals surface area contributed by atoms with Gasteiger partial charge in [-0.25, -0.2) is 0 Å². The van der Waals surface area contributed by atoms with E-state index in [0.717, 1.165) is 13.1 Å². The molecule has 1 saturated heterocycles. The van der Waals surface area contributed by atoms with Crippen molar-refractivity contribution in [3.63, 3.8) is 0 Å². The molecule has 0 spiro atoms. The maximum absolute atomic E-state index is 3.71. The van der Waals surface area contributed by atoms with Crippen LogP contribution in [0.2, 0.25) is 0 Å². The first-order valence-corrected chi connectivity index (χ1v) is 4.95. The van der Waals surface area contributed by atoms with Crippen molar-refractivity contribution in [2.24, 2.45) is 0 Å². The number of rotatable bonds is 3. The van der Waals surface area contributed by atoms with Crippen molar-refractivity contribution in [2.45, 2.75) is 32.9 Å². The monoisotopic (exact) mass is 180 g/mol. The summed E-state index contributed by atoms with van der Waals surface area (Å²) in [5.41, 5.74) is 1.48. The summed E-state index contributed by atoms with van der Waals surface area (Å²) in [5.74, 6) is 0. The Labute approximate surface area is 81.3 Å². The van der Waals surface area contributed by atoms with Crippen LogP contribution in [0.5, 0.6) is 0 Å². The van der Waals surface area contributed by atoms with E-state index in [1.807, 2.05) is 0 Å². The maximum atomic E-state index is 3.71. The van der Waals surface area contributed by atoms with E-state index in [-0.39, 0.29) is 0 Å². The molecule has 0 aromatic rings. The van der Waals surface area contributed by atoms with Gasteiger partial charge in [0.05, 0.1) is 6.04 Å². The Balaban J connectivity index is 2.61. The molecule has 0 saturated carbocycles. The summed E-state index contributed by atoms with van der Waals surface area (Å²) >= 11 is 0. The van der Waals surface area contributed by atoms with Gasteiger partial charge in [-0.15, -0.1) is 0 Å². The third-order valence-corrected chi connectivity index (χ3v) is 2.67. The van der Waals surface area contributed by atoms with Gasteiger partial charge in [-0.2, -0.15) is 0 Å². The SMILES string of the molecule is C=CNC1CN(C(C)C)C/C1=C/C. The minimum absolute atomic E-state index is 0.477. The lowest BCUT2D eigenvalue weighted by atomic mass is 10.1. The van der Waals surface area contributed by atoms with Gasteiger partial charge in [0, 0.05) is 19.1 Å². The van der Waals surface area contributed by atoms with Crippen molar-refractivity contribution in [3.05, 3.63) is 24.4 Å². The summed E-state index contributed by atoms with van der Waals surface area (Å²) in [6.45, 7) is 12.5. The normalized spacial score (nSPS) is 27.1. The molecule has 0 amide bonds. The van der Waals surface area contributed by atoms with Gasteiger partial charge < -0.3 is 5.32 Å². The average Bonchev–Trinajstić information content (AvgIpc) is 2.48. The van der Waals surface area contributed by atoms with Gasteiger partial charge in [0.2, 0.25) is 0 Å². The van der Waals surface area contributed by atoms with E-state index in [4.69, 9.17) is 0 Å². The predicted molar refractivity (Wildman–Crippen MR) is 57.6 cm³/mol. The second-order valence-corrected chi connectivity index (χ2v) is 3.81. The molecule has 1 atom stereocenters. The van der Waals surface area contributed by atoms with Gasteiger partial charge in [-0.1, -0.05) is 12.7 Å². The first kappa shape index (κ1) is 10.3. The molecule has 0 radical (unpaired) electrons. The highest BCUT2D eigenvalue weighted by molar-refractivity contribution is 5.19. The molecule has 2 heteroatoms. The molecule has 1 rings (SSSR count). The molecule has 0 aliphatic carbocycles. The molecule has 13 heavy (non-hydrogen) atoms. The van der Waals surface area contributed by atoms with E-state index in [2.05, 4.69) is 43.6 Å². The van der Waals surface area contributed by atoms with Crippen LogP contribution >= 0.6 is 0 Å². The molecule has 2 nitrogen and oxygen atoms in total. The molecule has 0 bridgehead atoms. The zero-order chi connectivity index (χ0) is 9.84. The summed E-state index contributed by atoms with van der Waals surface area (Å²) < 4.78 is 0. The number of hydrogen-bond donors (Lipinski definition) is 1. The second kappa shape index (κ2) is 4.47. The van der Waals surface area contributed by atoms with Crippen LogP contribution in [0.3, 0.4) is 0 Å². The Bertz CT molecular complexity index is 206. The number of allylic oxidation sites excluding steroid dienone is 1. The van der Waals surface area contributed by atoms with Crippen molar-refractivity contribution >= 4 is 0 Å². The molecule has 1 aliphatic heterocycles. The van der Waals surface area contributed by atoms with Crippen molar-refractivity contribution in [3.8, 4) is 0 Å². The van der Waals surface area contributed by atoms with Gasteiger partial charge >= 0.3 is 0 Å². The van der Waals surface area contributed by atoms with E-state index >= 15 is 0 Å². The lowest BCUT2D eigenvalue weighted by Crippen LogP contribution is -2.33. The molecule has 1 N–H and O–H groups in total. The standard InChI is InChI=1S/C11H20N2/c1-5-10-7-13(9(3)4)8-11(10)12-6-2/h5-6,9,11-12H,2,7-8H2,1,3-4H3/b10-5-. The second-order valence-electron chi connectivity index (χ2n) is 3.81. The van der Waals surface area contributed by atoms with E-state index < -0.39 is 0 Å². The number of nitrogens with zero attached hydrogens (tertiary/aromatic N) is 1. The lowest BCUT2D eigenvalue weighted by Gasteiger charge is -2.19. The van der Waals surface area contributed by atoms with Crippen molar-refractivity contribution < 1.29 is 0 Å². The molecular weight excluding hydrogens is 160 g/mol. The number of nitrogens with one attached hydrogen (secondary N) is 1. The Hall–Kier alpha value is -0.760. The van der Waals surface area contributed by atoms with Crippen LogP contribution in [0, 0.1) is 0 Å². The molecule has 1 heterocycles. The quantitative estimate of drug-likeness (QED) is 0.666. The fraction of sp³-hybridized carbons (Fsp3) is 0.636. The number of hydrogen-bond acceptors (Lipinski definition) is 2. The highest BCUT2D eigenvalue weighted by atomic mass is 15.2. The van der Waals surface area contributed by atoms with Gasteiger partial charge in [-0.3, -0.25) is 4.90 Å². The van der Waals surface area contributed by atoms with E-state index in [9.17, 15) is 0 Å². The molecule has 1 unspecified atom stereocenters. The summed E-state index contributed by atoms with van der Waals surface area (Å²) in [6, 6.07) is 1.11. The van der Waals surface area contributed by atoms with Crippen molar-refractivity contribution in [1.82, 2.24) is 10.2 Å². The number of likely N-dealkylation sites (tertiary alicyclic amines) is 1. The van der Waals surface area contributed by atoms with Crippen LogP contribution in [0.4, 0.5) is 0 Å². The van der Waals surface area contributed by atoms with Gasteiger partial charge in [0.1, 0.15) is 0 Å². The summed E-state index contributed by atoms with van der Waals surface area (Å²) in [6.07, 6.45) is 4.00. The first-order valence-electron chi connectivity index (χ1n) is 4.95. The lowest BCUT2D eigenvalue weighted by molar-refractivity contribution is 0.273. The van der Waals surface area contributed by atoms with Crippen LogP contribution in [-0.2, 0) is 0 Å². The van der Waals surface area contributed by atoms with E-state index in [1.54, 1.807) is 6.20 Å². The smallest absolute Gasteiger partial charge is 0.0607 e. The van der Waals surface area contributed by atoms with Gasteiger partial charge in [-0.05, 0) is 32.5 Å². The summed E-state index contributed by atoms with van der Waals surface area (Å²) in [4.78, 5) is 2.47. The summed E-state index contributed by atoms with van der Waals surface area (Å²) in [5, 5.41) is 3.28. The van der Waals surface area contributed by atoms with Crippen molar-refractivity contribution in [1.29, 1.82) is 0 Å². The van der Waals surface area contributed by atoms with Gasteiger partial charge in [0.15, 0.2) is 0 Å². The fourth-order valence-corrected chi connectivity index (χ4v) is 1.75. The molecule has 0 aromatic heterocycles. The zero-order valence-electron chi connectivity index (χ0n) is 8.88. The third kappa shape index (κ3) is 2.34. The Morgan fingerprint density at radius 3 is 2.77 bits per heavy atom. The molecule has 74 valence electrons.